The molecular formula is C17H17Cl2N5O2. The topological polar surface area (TPSA) is 104 Å². The van der Waals surface area contributed by atoms with Crippen molar-refractivity contribution in [1.82, 2.24) is 15.3 Å². The number of rotatable bonds is 4. The number of hydrogen-bond donors (Lipinski definition) is 3. The number of carbonyl (C=O) groups excluding carboxylic acids is 2. The number of halogens is 2. The maximum Gasteiger partial charge on any atom is 0.269 e. The molecule has 1 aliphatic heterocycles. The summed E-state index contributed by atoms with van der Waals surface area (Å²) in [5, 5.41) is 3.62. The van der Waals surface area contributed by atoms with E-state index in [0.29, 0.717) is 47.0 Å². The molecule has 1 saturated carbocycles. The first-order valence-electron chi connectivity index (χ1n) is 8.22. The first-order chi connectivity index (χ1) is 12.4. The van der Waals surface area contributed by atoms with E-state index in [0.717, 1.165) is 0 Å². The van der Waals surface area contributed by atoms with Crippen LogP contribution in [0.15, 0.2) is 18.3 Å². The Labute approximate surface area is 159 Å². The summed E-state index contributed by atoms with van der Waals surface area (Å²) in [6, 6.07) is 3.45. The zero-order valence-electron chi connectivity index (χ0n) is 13.9. The Morgan fingerprint density at radius 1 is 1.31 bits per heavy atom. The highest BCUT2D eigenvalue weighted by Crippen LogP contribution is 2.47. The minimum Gasteiger partial charge on any atom is -0.365 e. The third-order valence-electron chi connectivity index (χ3n) is 5.12. The molecule has 0 radical (unpaired) electrons. The van der Waals surface area contributed by atoms with Gasteiger partial charge in [-0.15, -0.1) is 0 Å². The van der Waals surface area contributed by atoms with Crippen LogP contribution in [0.1, 0.15) is 26.5 Å². The second kappa shape index (κ2) is 6.17. The van der Waals surface area contributed by atoms with Gasteiger partial charge in [-0.1, -0.05) is 23.2 Å². The van der Waals surface area contributed by atoms with E-state index in [1.165, 1.54) is 0 Å². The van der Waals surface area contributed by atoms with Crippen LogP contribution in [0, 0.1) is 18.8 Å². The van der Waals surface area contributed by atoms with E-state index in [9.17, 15) is 9.59 Å². The average Bonchev–Trinajstić information content (AvgIpc) is 2.95. The number of nitrogens with zero attached hydrogens (tertiary/aromatic N) is 2. The first kappa shape index (κ1) is 17.2. The van der Waals surface area contributed by atoms with E-state index in [1.807, 2.05) is 4.90 Å². The molecule has 7 nitrogen and oxygen atoms in total. The van der Waals surface area contributed by atoms with Crippen LogP contribution in [0.3, 0.4) is 0 Å². The summed E-state index contributed by atoms with van der Waals surface area (Å²) < 4.78 is 0. The fraction of sp³-hybridized carbons (Fsp3) is 0.353. The van der Waals surface area contributed by atoms with Gasteiger partial charge in [0.05, 0.1) is 15.6 Å². The monoisotopic (exact) mass is 393 g/mol. The highest BCUT2D eigenvalue weighted by molar-refractivity contribution is 6.44. The van der Waals surface area contributed by atoms with Crippen LogP contribution in [0.4, 0.5) is 5.82 Å². The third kappa shape index (κ3) is 2.71. The second-order valence-electron chi connectivity index (χ2n) is 6.72. The average molecular weight is 394 g/mol. The number of primary amides is 1. The molecule has 0 spiro atoms. The first-order valence-corrected chi connectivity index (χ1v) is 8.98. The third-order valence-corrected chi connectivity index (χ3v) is 6.07. The van der Waals surface area contributed by atoms with E-state index < -0.39 is 5.91 Å². The van der Waals surface area contributed by atoms with E-state index in [1.54, 1.807) is 25.3 Å². The van der Waals surface area contributed by atoms with Crippen molar-refractivity contribution in [3.05, 3.63) is 45.3 Å². The molecule has 2 aromatic rings. The Bertz CT molecular complexity index is 901. The number of carbonyl (C=O) groups is 2. The number of H-pyrrole nitrogens is 1. The zero-order valence-corrected chi connectivity index (χ0v) is 15.4. The number of fused-ring (bicyclic) bond motifs is 1. The van der Waals surface area contributed by atoms with Gasteiger partial charge < -0.3 is 20.9 Å². The number of aromatic amines is 1. The van der Waals surface area contributed by atoms with Gasteiger partial charge in [-0.3, -0.25) is 9.59 Å². The summed E-state index contributed by atoms with van der Waals surface area (Å²) >= 11 is 12.1. The summed E-state index contributed by atoms with van der Waals surface area (Å²) in [5.41, 5.74) is 6.79. The number of nitrogens with one attached hydrogen (secondary N) is 2. The molecule has 26 heavy (non-hydrogen) atoms. The minimum absolute atomic E-state index is 0.0814. The number of hydrogen-bond acceptors (Lipinski definition) is 4. The Morgan fingerprint density at radius 3 is 2.58 bits per heavy atom. The van der Waals surface area contributed by atoms with Gasteiger partial charge in [0.25, 0.3) is 11.8 Å². The van der Waals surface area contributed by atoms with Crippen molar-refractivity contribution in [2.45, 2.75) is 13.0 Å². The summed E-state index contributed by atoms with van der Waals surface area (Å²) in [7, 11) is 0. The van der Waals surface area contributed by atoms with Crippen molar-refractivity contribution in [1.29, 1.82) is 0 Å². The van der Waals surface area contributed by atoms with Gasteiger partial charge in [0.1, 0.15) is 11.5 Å². The van der Waals surface area contributed by atoms with Crippen LogP contribution < -0.4 is 16.0 Å². The molecular weight excluding hydrogens is 377 g/mol. The maximum absolute atomic E-state index is 12.4. The smallest absolute Gasteiger partial charge is 0.269 e. The van der Waals surface area contributed by atoms with Crippen molar-refractivity contribution in [2.24, 2.45) is 17.6 Å². The second-order valence-corrected chi connectivity index (χ2v) is 7.48. The van der Waals surface area contributed by atoms with Crippen molar-refractivity contribution in [2.75, 3.05) is 18.0 Å². The molecule has 2 aliphatic rings. The van der Waals surface area contributed by atoms with Crippen LogP contribution in [0.5, 0.6) is 0 Å². The van der Waals surface area contributed by atoms with E-state index >= 15 is 0 Å². The maximum atomic E-state index is 12.4. The molecule has 2 aromatic heterocycles. The molecule has 2 amide bonds. The highest BCUT2D eigenvalue weighted by Gasteiger charge is 2.57. The summed E-state index contributed by atoms with van der Waals surface area (Å²) in [6.07, 6.45) is 1.64. The molecule has 9 heteroatoms. The lowest BCUT2D eigenvalue weighted by Gasteiger charge is -2.22. The van der Waals surface area contributed by atoms with E-state index in [-0.39, 0.29) is 22.7 Å². The van der Waals surface area contributed by atoms with Crippen molar-refractivity contribution in [3.63, 3.8) is 0 Å². The van der Waals surface area contributed by atoms with E-state index in [2.05, 4.69) is 15.3 Å². The summed E-state index contributed by atoms with van der Waals surface area (Å²) in [5.74, 6) is 0.477. The number of piperidine rings is 1. The van der Waals surface area contributed by atoms with Gasteiger partial charge in [-0.05, 0) is 19.1 Å². The highest BCUT2D eigenvalue weighted by atomic mass is 35.5. The van der Waals surface area contributed by atoms with Crippen LogP contribution >= 0.6 is 23.2 Å². The molecule has 4 rings (SSSR count). The van der Waals surface area contributed by atoms with E-state index in [4.69, 9.17) is 28.9 Å². The molecule has 3 atom stereocenters. The SMILES string of the molecule is Cc1[nH]c(C(=O)N[C@@H]2[C@@H]3CN(c4ncccc4C(N)=O)C[C@@H]32)c(Cl)c1Cl. The molecule has 1 saturated heterocycles. The number of aromatic nitrogens is 2. The standard InChI is InChI=1S/C17H17Cl2N5O2/c1-7-11(18)12(19)14(22-7)17(26)23-13-9-5-24(6-10(9)13)16-8(15(20)25)3-2-4-21-16/h2-4,9-10,13,22H,5-6H2,1H3,(H2,20,25)(H,23,26)/t9-,10+,13-. The fourth-order valence-corrected chi connectivity index (χ4v) is 4.12. The van der Waals surface area contributed by atoms with Crippen LogP contribution in [-0.2, 0) is 0 Å². The van der Waals surface area contributed by atoms with Gasteiger partial charge in [-0.2, -0.15) is 0 Å². The van der Waals surface area contributed by atoms with Crippen molar-refractivity contribution in [3.8, 4) is 0 Å². The molecule has 136 valence electrons. The Kier molecular flexibility index (Phi) is 4.08. The predicted octanol–water partition coefficient (Wildman–Crippen LogP) is 1.99. The van der Waals surface area contributed by atoms with Gasteiger partial charge >= 0.3 is 0 Å². The number of amides is 2. The van der Waals surface area contributed by atoms with Gasteiger partial charge in [0.2, 0.25) is 0 Å². The number of anilines is 1. The zero-order chi connectivity index (χ0) is 18.6. The minimum atomic E-state index is -0.493. The predicted molar refractivity (Wildman–Crippen MR) is 98.8 cm³/mol. The molecule has 3 heterocycles. The van der Waals surface area contributed by atoms with Gasteiger partial charge in [0.15, 0.2) is 0 Å². The van der Waals surface area contributed by atoms with Crippen LogP contribution in [0.25, 0.3) is 0 Å². The molecule has 0 bridgehead atoms. The number of aryl methyl sites for hydroxylation is 1. The largest absolute Gasteiger partial charge is 0.365 e. The van der Waals surface area contributed by atoms with Crippen LogP contribution in [-0.4, -0.2) is 40.9 Å². The molecule has 1 aliphatic carbocycles. The van der Waals surface area contributed by atoms with Gasteiger partial charge in [0, 0.05) is 42.9 Å². The normalized spacial score (nSPS) is 23.7. The Morgan fingerprint density at radius 2 is 2.00 bits per heavy atom. The Balaban J connectivity index is 1.42. The lowest BCUT2D eigenvalue weighted by atomic mass is 10.2. The van der Waals surface area contributed by atoms with Crippen LogP contribution in [0.2, 0.25) is 10.0 Å². The number of nitrogens with two attached hydrogens (primary N) is 1. The molecule has 2 fully saturated rings. The Hall–Kier alpha value is -2.25. The van der Waals surface area contributed by atoms with Crippen molar-refractivity contribution >= 4 is 40.8 Å². The molecule has 4 N–H and O–H groups in total. The fourth-order valence-electron chi connectivity index (χ4n) is 3.71. The quantitative estimate of drug-likeness (QED) is 0.738. The summed E-state index contributed by atoms with van der Waals surface area (Å²) in [6.45, 7) is 3.19. The summed E-state index contributed by atoms with van der Waals surface area (Å²) in [4.78, 5) is 33.3. The lowest BCUT2D eigenvalue weighted by molar-refractivity contribution is 0.0941. The number of pyridine rings is 1. The molecule has 0 aromatic carbocycles. The van der Waals surface area contributed by atoms with Crippen molar-refractivity contribution < 1.29 is 9.59 Å². The molecule has 0 unspecified atom stereocenters. The van der Waals surface area contributed by atoms with Gasteiger partial charge in [-0.25, -0.2) is 4.98 Å². The lowest BCUT2D eigenvalue weighted by Crippen LogP contribution is -2.36.